The van der Waals surface area contributed by atoms with Gasteiger partial charge in [-0.1, -0.05) is 0 Å². The number of halogens is 3. The Morgan fingerprint density at radius 1 is 1.30 bits per heavy atom. The van der Waals surface area contributed by atoms with Gasteiger partial charge in [-0.25, -0.2) is 0 Å². The number of rotatable bonds is 4. The van der Waals surface area contributed by atoms with Gasteiger partial charge in [0.1, 0.15) is 6.54 Å². The average molecular weight is 289 g/mol. The second kappa shape index (κ2) is 6.02. The summed E-state index contributed by atoms with van der Waals surface area (Å²) in [7, 11) is 3.42. The fourth-order valence-electron chi connectivity index (χ4n) is 1.83. The number of alkyl halides is 3. The molecule has 20 heavy (non-hydrogen) atoms. The molecule has 1 aromatic carbocycles. The van der Waals surface area contributed by atoms with Crippen LogP contribution in [0.2, 0.25) is 0 Å². The third-order valence-electron chi connectivity index (χ3n) is 2.77. The Morgan fingerprint density at radius 3 is 2.35 bits per heavy atom. The molecule has 0 radical (unpaired) electrons. The van der Waals surface area contributed by atoms with Crippen LogP contribution in [-0.4, -0.2) is 44.2 Å². The molecular weight excluding hydrogens is 271 g/mol. The van der Waals surface area contributed by atoms with Crippen molar-refractivity contribution >= 4 is 17.3 Å². The maximum absolute atomic E-state index is 12.5. The van der Waals surface area contributed by atoms with E-state index in [0.717, 1.165) is 4.90 Å². The Labute approximate surface area is 116 Å². The smallest absolute Gasteiger partial charge is 0.399 e. The summed E-state index contributed by atoms with van der Waals surface area (Å²) in [6, 6.07) is 4.62. The van der Waals surface area contributed by atoms with Crippen LogP contribution in [0.25, 0.3) is 0 Å². The molecule has 0 spiro atoms. The van der Waals surface area contributed by atoms with Crippen molar-refractivity contribution in [3.05, 3.63) is 23.8 Å². The van der Waals surface area contributed by atoms with Crippen molar-refractivity contribution in [3.63, 3.8) is 0 Å². The summed E-state index contributed by atoms with van der Waals surface area (Å²) in [5.41, 5.74) is 6.66. The molecule has 0 aliphatic heterocycles. The van der Waals surface area contributed by atoms with E-state index in [0.29, 0.717) is 11.4 Å². The quantitative estimate of drug-likeness (QED) is 0.866. The number of amides is 1. The minimum Gasteiger partial charge on any atom is -0.399 e. The number of anilines is 2. The fraction of sp³-hybridized carbons (Fsp3) is 0.462. The van der Waals surface area contributed by atoms with Crippen molar-refractivity contribution in [1.29, 1.82) is 0 Å². The lowest BCUT2D eigenvalue weighted by Gasteiger charge is -2.25. The van der Waals surface area contributed by atoms with Crippen LogP contribution in [0, 0.1) is 0 Å². The van der Waals surface area contributed by atoms with Crippen molar-refractivity contribution in [1.82, 2.24) is 4.90 Å². The first-order valence-electron chi connectivity index (χ1n) is 6.08. The molecule has 0 saturated heterocycles. The van der Waals surface area contributed by atoms with Gasteiger partial charge in [0.15, 0.2) is 0 Å². The van der Waals surface area contributed by atoms with Crippen LogP contribution in [0.3, 0.4) is 0 Å². The van der Waals surface area contributed by atoms with E-state index in [1.54, 1.807) is 31.1 Å². The number of hydrogen-bond donors (Lipinski definition) is 1. The monoisotopic (exact) mass is 289 g/mol. The predicted molar refractivity (Wildman–Crippen MR) is 72.8 cm³/mol. The number of nitrogen functional groups attached to an aromatic ring is 1. The zero-order valence-corrected chi connectivity index (χ0v) is 11.7. The topological polar surface area (TPSA) is 49.6 Å². The first kappa shape index (κ1) is 16.1. The van der Waals surface area contributed by atoms with E-state index >= 15 is 0 Å². The van der Waals surface area contributed by atoms with Crippen LogP contribution in [0.4, 0.5) is 24.5 Å². The number of carbonyl (C=O) groups is 1. The summed E-state index contributed by atoms with van der Waals surface area (Å²) in [4.78, 5) is 14.7. The molecule has 0 atom stereocenters. The fourth-order valence-corrected chi connectivity index (χ4v) is 1.83. The Balaban J connectivity index is 3.15. The van der Waals surface area contributed by atoms with Gasteiger partial charge in [-0.15, -0.1) is 0 Å². The van der Waals surface area contributed by atoms with Gasteiger partial charge in [0.25, 0.3) is 5.91 Å². The SMILES string of the molecule is CCN(CC(F)(F)F)C(=O)c1cc(N)ccc1N(C)C. The maximum atomic E-state index is 12.5. The van der Waals surface area contributed by atoms with Crippen molar-refractivity contribution < 1.29 is 18.0 Å². The van der Waals surface area contributed by atoms with Crippen molar-refractivity contribution in [2.45, 2.75) is 13.1 Å². The van der Waals surface area contributed by atoms with E-state index in [1.165, 1.54) is 13.0 Å². The number of hydrogen-bond acceptors (Lipinski definition) is 3. The normalized spacial score (nSPS) is 11.3. The van der Waals surface area contributed by atoms with Crippen LogP contribution >= 0.6 is 0 Å². The molecule has 2 N–H and O–H groups in total. The molecule has 0 saturated carbocycles. The zero-order chi connectivity index (χ0) is 15.5. The van der Waals surface area contributed by atoms with Crippen molar-refractivity contribution in [2.75, 3.05) is 37.8 Å². The van der Waals surface area contributed by atoms with Gasteiger partial charge >= 0.3 is 6.18 Å². The van der Waals surface area contributed by atoms with Gasteiger partial charge in [-0.2, -0.15) is 13.2 Å². The molecule has 0 aromatic heterocycles. The largest absolute Gasteiger partial charge is 0.406 e. The predicted octanol–water partition coefficient (Wildman–Crippen LogP) is 2.36. The molecule has 0 aliphatic carbocycles. The van der Waals surface area contributed by atoms with E-state index in [9.17, 15) is 18.0 Å². The minimum absolute atomic E-state index is 0.0278. The van der Waals surface area contributed by atoms with Gasteiger partial charge in [-0.3, -0.25) is 4.79 Å². The lowest BCUT2D eigenvalue weighted by Crippen LogP contribution is -2.39. The molecule has 1 aromatic rings. The van der Waals surface area contributed by atoms with Crippen molar-refractivity contribution in [3.8, 4) is 0 Å². The first-order valence-corrected chi connectivity index (χ1v) is 6.08. The molecule has 0 fully saturated rings. The van der Waals surface area contributed by atoms with Gasteiger partial charge < -0.3 is 15.5 Å². The van der Waals surface area contributed by atoms with Crippen LogP contribution in [-0.2, 0) is 0 Å². The van der Waals surface area contributed by atoms with Gasteiger partial charge in [0.05, 0.1) is 5.56 Å². The summed E-state index contributed by atoms with van der Waals surface area (Å²) < 4.78 is 37.4. The standard InChI is InChI=1S/C13H18F3N3O/c1-4-19(8-13(14,15)16)12(20)10-7-9(17)5-6-11(10)18(2)3/h5-7H,4,8,17H2,1-3H3. The van der Waals surface area contributed by atoms with E-state index in [1.807, 2.05) is 0 Å². The van der Waals surface area contributed by atoms with Crippen LogP contribution < -0.4 is 10.6 Å². The second-order valence-electron chi connectivity index (χ2n) is 4.61. The molecule has 0 aliphatic rings. The van der Waals surface area contributed by atoms with Crippen LogP contribution in [0.5, 0.6) is 0 Å². The van der Waals surface area contributed by atoms with Gasteiger partial charge in [0, 0.05) is 32.0 Å². The number of carbonyl (C=O) groups excluding carboxylic acids is 1. The molecule has 112 valence electrons. The highest BCUT2D eigenvalue weighted by Crippen LogP contribution is 2.25. The maximum Gasteiger partial charge on any atom is 0.406 e. The molecule has 4 nitrogen and oxygen atoms in total. The second-order valence-corrected chi connectivity index (χ2v) is 4.61. The Hall–Kier alpha value is -1.92. The number of nitrogens with two attached hydrogens (primary N) is 1. The third-order valence-corrected chi connectivity index (χ3v) is 2.77. The molecule has 0 bridgehead atoms. The Bertz CT molecular complexity index is 486. The summed E-state index contributed by atoms with van der Waals surface area (Å²) in [6.45, 7) is 0.204. The van der Waals surface area contributed by atoms with Crippen molar-refractivity contribution in [2.24, 2.45) is 0 Å². The van der Waals surface area contributed by atoms with Gasteiger partial charge in [0.2, 0.25) is 0 Å². The summed E-state index contributed by atoms with van der Waals surface area (Å²) >= 11 is 0. The lowest BCUT2D eigenvalue weighted by atomic mass is 10.1. The summed E-state index contributed by atoms with van der Waals surface area (Å²) in [5.74, 6) is -0.680. The minimum atomic E-state index is -4.43. The highest BCUT2D eigenvalue weighted by Gasteiger charge is 2.33. The molecule has 1 rings (SSSR count). The van der Waals surface area contributed by atoms with Crippen LogP contribution in [0.1, 0.15) is 17.3 Å². The summed E-state index contributed by atoms with van der Waals surface area (Å²) in [6.07, 6.45) is -4.43. The molecule has 7 heteroatoms. The molecule has 0 unspecified atom stereocenters. The van der Waals surface area contributed by atoms with Crippen LogP contribution in [0.15, 0.2) is 18.2 Å². The van der Waals surface area contributed by atoms with E-state index in [2.05, 4.69) is 0 Å². The molecular formula is C13H18F3N3O. The average Bonchev–Trinajstić information content (AvgIpc) is 2.33. The summed E-state index contributed by atoms with van der Waals surface area (Å²) in [5, 5.41) is 0. The number of nitrogens with zero attached hydrogens (tertiary/aromatic N) is 2. The molecule has 0 heterocycles. The first-order chi connectivity index (χ1) is 9.15. The van der Waals surface area contributed by atoms with E-state index in [4.69, 9.17) is 5.73 Å². The third kappa shape index (κ3) is 4.04. The Kier molecular flexibility index (Phi) is 4.86. The number of benzene rings is 1. The van der Waals surface area contributed by atoms with E-state index in [-0.39, 0.29) is 12.1 Å². The lowest BCUT2D eigenvalue weighted by molar-refractivity contribution is -0.140. The highest BCUT2D eigenvalue weighted by molar-refractivity contribution is 6.00. The zero-order valence-electron chi connectivity index (χ0n) is 11.7. The van der Waals surface area contributed by atoms with E-state index < -0.39 is 18.6 Å². The highest BCUT2D eigenvalue weighted by atomic mass is 19.4. The molecule has 1 amide bonds. The van der Waals surface area contributed by atoms with Gasteiger partial charge in [-0.05, 0) is 25.1 Å². The Morgan fingerprint density at radius 2 is 1.90 bits per heavy atom.